The zero-order valence-corrected chi connectivity index (χ0v) is 20.9. The molecule has 1 aliphatic heterocycles. The van der Waals surface area contributed by atoms with E-state index in [9.17, 15) is 32.8 Å². The van der Waals surface area contributed by atoms with Crippen molar-refractivity contribution >= 4 is 25.4 Å². The van der Waals surface area contributed by atoms with Gasteiger partial charge in [-0.1, -0.05) is 0 Å². The summed E-state index contributed by atoms with van der Waals surface area (Å²) in [6.07, 6.45) is -5.60. The number of carbonyl (C=O) groups is 2. The highest BCUT2D eigenvalue weighted by molar-refractivity contribution is 7.54. The Balaban J connectivity index is 2.23. The average molecular weight is 541 g/mol. The molecule has 0 aromatic carbocycles. The van der Waals surface area contributed by atoms with E-state index >= 15 is 0 Å². The molecule has 36 heavy (non-hydrogen) atoms. The van der Waals surface area contributed by atoms with Crippen LogP contribution in [0.2, 0.25) is 0 Å². The minimum atomic E-state index is -4.35. The molecule has 1 saturated heterocycles. The molecule has 0 saturated carbocycles. The van der Waals surface area contributed by atoms with Gasteiger partial charge in [-0.3, -0.25) is 18.7 Å². The number of ether oxygens (including phenoxy) is 3. The fraction of sp³-hybridized carbons (Fsp3) is 0.684. The van der Waals surface area contributed by atoms with Crippen molar-refractivity contribution in [3.8, 4) is 0 Å². The van der Waals surface area contributed by atoms with Crippen molar-refractivity contribution in [3.05, 3.63) is 22.7 Å². The van der Waals surface area contributed by atoms with Crippen molar-refractivity contribution in [2.45, 2.75) is 64.1 Å². The molecule has 1 fully saturated rings. The van der Waals surface area contributed by atoms with Gasteiger partial charge in [0.1, 0.15) is 24.0 Å². The van der Waals surface area contributed by atoms with Gasteiger partial charge in [0.2, 0.25) is 6.23 Å². The maximum atomic E-state index is 14.8. The van der Waals surface area contributed by atoms with Crippen LogP contribution in [0.1, 0.15) is 33.9 Å². The van der Waals surface area contributed by atoms with Crippen LogP contribution in [0.4, 0.5) is 14.6 Å². The van der Waals surface area contributed by atoms with Crippen molar-refractivity contribution in [2.75, 3.05) is 25.6 Å². The zero-order chi connectivity index (χ0) is 27.3. The van der Waals surface area contributed by atoms with E-state index in [2.05, 4.69) is 15.2 Å². The van der Waals surface area contributed by atoms with Crippen LogP contribution in [-0.2, 0) is 32.9 Å². The second kappa shape index (κ2) is 12.2. The first-order valence-corrected chi connectivity index (χ1v) is 12.6. The third-order valence-corrected chi connectivity index (χ3v) is 6.88. The number of aliphatic hydroxyl groups excluding tert-OH is 1. The number of esters is 2. The van der Waals surface area contributed by atoms with Crippen LogP contribution < -0.4 is 21.6 Å². The van der Waals surface area contributed by atoms with Gasteiger partial charge in [0.05, 0.1) is 19.8 Å². The average Bonchev–Trinajstić information content (AvgIpc) is 3.01. The molecule has 1 unspecified atom stereocenters. The Morgan fingerprint density at radius 3 is 2.25 bits per heavy atom. The monoisotopic (exact) mass is 541 g/mol. The molecule has 0 bridgehead atoms. The normalized spacial score (nSPS) is 23.1. The highest BCUT2D eigenvalue weighted by Gasteiger charge is 2.60. The molecule has 2 rings (SSSR count). The minimum absolute atomic E-state index is 0.0284. The molecule has 2 heterocycles. The van der Waals surface area contributed by atoms with E-state index in [0.29, 0.717) is 4.57 Å². The van der Waals surface area contributed by atoms with Gasteiger partial charge in [-0.15, -0.1) is 0 Å². The quantitative estimate of drug-likeness (QED) is 0.203. The third kappa shape index (κ3) is 7.05. The summed E-state index contributed by atoms with van der Waals surface area (Å²) >= 11 is 0. The summed E-state index contributed by atoms with van der Waals surface area (Å²) in [5, 5.41) is 14.9. The Morgan fingerprint density at radius 1 is 1.25 bits per heavy atom. The van der Waals surface area contributed by atoms with Crippen LogP contribution in [-0.4, -0.2) is 76.6 Å². The van der Waals surface area contributed by atoms with Crippen LogP contribution in [0.3, 0.4) is 0 Å². The van der Waals surface area contributed by atoms with E-state index in [1.165, 1.54) is 13.8 Å². The number of nitrogens with zero attached hydrogens (tertiary/aromatic N) is 2. The molecule has 14 nitrogen and oxygen atoms in total. The lowest BCUT2D eigenvalue weighted by Gasteiger charge is -2.27. The van der Waals surface area contributed by atoms with E-state index in [1.807, 2.05) is 0 Å². The molecule has 1 aliphatic rings. The highest BCUT2D eigenvalue weighted by atomic mass is 31.2. The zero-order valence-electron chi connectivity index (χ0n) is 20.1. The number of hydrogen-bond acceptors (Lipinski definition) is 11. The lowest BCUT2D eigenvalue weighted by molar-refractivity contribution is -0.145. The number of halogens is 2. The Bertz CT molecular complexity index is 1010. The molecular weight excluding hydrogens is 511 g/mol. The highest BCUT2D eigenvalue weighted by Crippen LogP contribution is 2.45. The van der Waals surface area contributed by atoms with Crippen LogP contribution >= 0.6 is 7.67 Å². The van der Waals surface area contributed by atoms with Crippen LogP contribution in [0.15, 0.2) is 17.1 Å². The minimum Gasteiger partial charge on any atom is -0.465 e. The number of aliphatic hydroxyl groups is 1. The Morgan fingerprint density at radius 2 is 1.78 bits per heavy atom. The van der Waals surface area contributed by atoms with Crippen molar-refractivity contribution in [1.29, 1.82) is 0 Å². The molecule has 5 N–H and O–H groups in total. The maximum Gasteiger partial charge on any atom is 0.351 e. The molecule has 0 spiro atoms. The smallest absolute Gasteiger partial charge is 0.351 e. The molecule has 0 radical (unpaired) electrons. The molecule has 1 aromatic heterocycles. The molecule has 204 valence electrons. The van der Waals surface area contributed by atoms with Gasteiger partial charge in [0.15, 0.2) is 6.10 Å². The summed E-state index contributed by atoms with van der Waals surface area (Å²) in [7, 11) is -4.35. The lowest BCUT2D eigenvalue weighted by atomic mass is 10.1. The van der Waals surface area contributed by atoms with Crippen molar-refractivity contribution < 1.29 is 46.8 Å². The van der Waals surface area contributed by atoms with Gasteiger partial charge in [0, 0.05) is 6.20 Å². The standard InChI is InChI=1S/C19H30F2N5O9P/c1-5-32-15(28)10(3)24-36(31,25-11(4)16(29)33-6-2)34-9-12-14(27)19(20,21)17(35-12)26-8-7-13(22)23-18(26)30/h7-8,10-12,14,17,27H,5-6,9H2,1-4H3,(H2,22,23,30)(H2,24,25,31)/t10-,11-,12+,14?,17+/m0/s1. The summed E-state index contributed by atoms with van der Waals surface area (Å²) in [5.41, 5.74) is 4.23. The van der Waals surface area contributed by atoms with Crippen LogP contribution in [0.25, 0.3) is 0 Å². The first-order chi connectivity index (χ1) is 16.8. The molecule has 0 amide bonds. The van der Waals surface area contributed by atoms with Crippen molar-refractivity contribution in [3.63, 3.8) is 0 Å². The Hall–Kier alpha value is -2.49. The van der Waals surface area contributed by atoms with Gasteiger partial charge in [0.25, 0.3) is 0 Å². The summed E-state index contributed by atoms with van der Waals surface area (Å²) in [5.74, 6) is -5.78. The SMILES string of the molecule is CCOC(=O)[C@H](C)NP(=O)(N[C@@H](C)C(=O)OCC)OC[C@H]1O[C@@H](n2ccc(N)nc2=O)C(F)(F)C1O. The lowest BCUT2D eigenvalue weighted by Crippen LogP contribution is -2.44. The number of nitrogens with one attached hydrogen (secondary N) is 2. The number of rotatable bonds is 12. The number of anilines is 1. The Labute approximate surface area is 205 Å². The van der Waals surface area contributed by atoms with Gasteiger partial charge >= 0.3 is 31.2 Å². The van der Waals surface area contributed by atoms with E-state index in [-0.39, 0.29) is 19.0 Å². The summed E-state index contributed by atoms with van der Waals surface area (Å²) in [6, 6.07) is -1.33. The van der Waals surface area contributed by atoms with Crippen LogP contribution in [0.5, 0.6) is 0 Å². The summed E-state index contributed by atoms with van der Waals surface area (Å²) in [6.45, 7) is 4.87. The molecule has 17 heteroatoms. The molecule has 1 aromatic rings. The van der Waals surface area contributed by atoms with Crippen molar-refractivity contribution in [2.24, 2.45) is 0 Å². The van der Waals surface area contributed by atoms with Gasteiger partial charge in [-0.05, 0) is 33.8 Å². The number of nitrogen functional groups attached to an aromatic ring is 1. The number of carbonyl (C=O) groups excluding carboxylic acids is 2. The van der Waals surface area contributed by atoms with E-state index in [4.69, 9.17) is 24.5 Å². The maximum absolute atomic E-state index is 14.8. The van der Waals surface area contributed by atoms with E-state index in [0.717, 1.165) is 12.3 Å². The fourth-order valence-electron chi connectivity index (χ4n) is 3.15. The molecular formula is C19H30F2N5O9P. The number of nitrogens with two attached hydrogens (primary N) is 1. The number of alkyl halides is 2. The predicted molar refractivity (Wildman–Crippen MR) is 120 cm³/mol. The molecule has 0 aliphatic carbocycles. The second-order valence-electron chi connectivity index (χ2n) is 7.74. The summed E-state index contributed by atoms with van der Waals surface area (Å²) in [4.78, 5) is 39.4. The first-order valence-electron chi connectivity index (χ1n) is 10.9. The number of aromatic nitrogens is 2. The second-order valence-corrected chi connectivity index (χ2v) is 9.62. The van der Waals surface area contributed by atoms with E-state index in [1.54, 1.807) is 13.8 Å². The topological polar surface area (TPSA) is 193 Å². The Kier molecular flexibility index (Phi) is 10.0. The molecule has 5 atom stereocenters. The van der Waals surface area contributed by atoms with Gasteiger partial charge in [-0.25, -0.2) is 15.0 Å². The number of hydrogen-bond donors (Lipinski definition) is 4. The fourth-order valence-corrected chi connectivity index (χ4v) is 4.96. The largest absolute Gasteiger partial charge is 0.465 e. The van der Waals surface area contributed by atoms with Gasteiger partial charge in [-0.2, -0.15) is 13.8 Å². The first kappa shape index (κ1) is 29.7. The van der Waals surface area contributed by atoms with E-state index < -0.39 is 68.3 Å². The third-order valence-electron chi connectivity index (χ3n) is 4.91. The predicted octanol–water partition coefficient (Wildman–Crippen LogP) is -0.0738. The van der Waals surface area contributed by atoms with Gasteiger partial charge < -0.3 is 29.6 Å². The van der Waals surface area contributed by atoms with Crippen molar-refractivity contribution in [1.82, 2.24) is 19.7 Å². The summed E-state index contributed by atoms with van der Waals surface area (Å²) < 4.78 is 63.6. The van der Waals surface area contributed by atoms with Crippen LogP contribution in [0, 0.1) is 0 Å².